The monoisotopic (exact) mass is 285 g/mol. The zero-order chi connectivity index (χ0) is 14.8. The van der Waals surface area contributed by atoms with E-state index in [0.29, 0.717) is 31.9 Å². The second kappa shape index (κ2) is 9.83. The minimum absolute atomic E-state index is 0.158. The molecule has 1 rings (SSSR count). The SMILES string of the molecule is CCOCCOCC(O)CNC(C)c1ccccc1F. The van der Waals surface area contributed by atoms with Crippen molar-refractivity contribution in [3.05, 3.63) is 35.6 Å². The number of ether oxygens (including phenoxy) is 2. The predicted molar refractivity (Wildman–Crippen MR) is 76.1 cm³/mol. The fourth-order valence-corrected chi connectivity index (χ4v) is 1.79. The molecule has 0 aromatic heterocycles. The van der Waals surface area contributed by atoms with Crippen molar-refractivity contribution < 1.29 is 19.0 Å². The van der Waals surface area contributed by atoms with Gasteiger partial charge in [-0.3, -0.25) is 0 Å². The first kappa shape index (κ1) is 17.0. The molecule has 20 heavy (non-hydrogen) atoms. The third kappa shape index (κ3) is 6.43. The normalized spacial score (nSPS) is 14.2. The molecular formula is C15H24FNO3. The van der Waals surface area contributed by atoms with Crippen molar-refractivity contribution in [2.45, 2.75) is 26.0 Å². The minimum atomic E-state index is -0.620. The molecule has 0 saturated heterocycles. The molecule has 114 valence electrons. The maximum absolute atomic E-state index is 13.5. The molecule has 2 unspecified atom stereocenters. The molecule has 0 fully saturated rings. The van der Waals surface area contributed by atoms with E-state index in [0.717, 1.165) is 0 Å². The molecule has 5 heteroatoms. The van der Waals surface area contributed by atoms with Crippen LogP contribution < -0.4 is 5.32 Å². The lowest BCUT2D eigenvalue weighted by molar-refractivity contribution is 0.00583. The summed E-state index contributed by atoms with van der Waals surface area (Å²) in [6, 6.07) is 6.46. The first-order chi connectivity index (χ1) is 9.65. The molecule has 0 aliphatic heterocycles. The topological polar surface area (TPSA) is 50.7 Å². The fraction of sp³-hybridized carbons (Fsp3) is 0.600. The lowest BCUT2D eigenvalue weighted by Gasteiger charge is -2.18. The Morgan fingerprint density at radius 1 is 1.25 bits per heavy atom. The summed E-state index contributed by atoms with van der Waals surface area (Å²) in [5.41, 5.74) is 0.594. The summed E-state index contributed by atoms with van der Waals surface area (Å²) in [5.74, 6) is -0.241. The molecule has 1 aromatic carbocycles. The Balaban J connectivity index is 2.20. The highest BCUT2D eigenvalue weighted by Crippen LogP contribution is 2.15. The number of aliphatic hydroxyl groups excluding tert-OH is 1. The average molecular weight is 285 g/mol. The fourth-order valence-electron chi connectivity index (χ4n) is 1.79. The molecule has 0 aliphatic carbocycles. The van der Waals surface area contributed by atoms with Crippen molar-refractivity contribution in [2.75, 3.05) is 33.0 Å². The zero-order valence-electron chi connectivity index (χ0n) is 12.1. The summed E-state index contributed by atoms with van der Waals surface area (Å²) in [6.07, 6.45) is -0.620. The number of nitrogens with one attached hydrogen (secondary N) is 1. The van der Waals surface area contributed by atoms with Crippen molar-refractivity contribution in [3.8, 4) is 0 Å². The van der Waals surface area contributed by atoms with Crippen LogP contribution in [0.1, 0.15) is 25.5 Å². The lowest BCUT2D eigenvalue weighted by atomic mass is 10.1. The van der Waals surface area contributed by atoms with E-state index >= 15 is 0 Å². The summed E-state index contributed by atoms with van der Waals surface area (Å²) in [4.78, 5) is 0. The van der Waals surface area contributed by atoms with Crippen LogP contribution in [0, 0.1) is 5.82 Å². The maximum Gasteiger partial charge on any atom is 0.127 e. The van der Waals surface area contributed by atoms with Gasteiger partial charge in [-0.2, -0.15) is 0 Å². The van der Waals surface area contributed by atoms with Gasteiger partial charge in [-0.1, -0.05) is 18.2 Å². The van der Waals surface area contributed by atoms with Crippen LogP contribution in [0.3, 0.4) is 0 Å². The summed E-state index contributed by atoms with van der Waals surface area (Å²) in [5, 5.41) is 12.8. The van der Waals surface area contributed by atoms with Crippen LogP contribution in [0.2, 0.25) is 0 Å². The first-order valence-electron chi connectivity index (χ1n) is 6.96. The van der Waals surface area contributed by atoms with E-state index in [2.05, 4.69) is 5.32 Å². The Morgan fingerprint density at radius 3 is 2.65 bits per heavy atom. The molecule has 0 spiro atoms. The van der Waals surface area contributed by atoms with Crippen LogP contribution in [0.4, 0.5) is 4.39 Å². The van der Waals surface area contributed by atoms with E-state index in [1.54, 1.807) is 18.2 Å². The van der Waals surface area contributed by atoms with E-state index in [1.807, 2.05) is 13.8 Å². The van der Waals surface area contributed by atoms with Gasteiger partial charge in [-0.25, -0.2) is 4.39 Å². The Morgan fingerprint density at radius 2 is 1.95 bits per heavy atom. The van der Waals surface area contributed by atoms with Gasteiger partial charge in [0.1, 0.15) is 5.82 Å². The van der Waals surface area contributed by atoms with Crippen LogP contribution in [0.5, 0.6) is 0 Å². The summed E-state index contributed by atoms with van der Waals surface area (Å²) >= 11 is 0. The van der Waals surface area contributed by atoms with E-state index < -0.39 is 6.10 Å². The Bertz CT molecular complexity index is 376. The van der Waals surface area contributed by atoms with Gasteiger partial charge in [0.05, 0.1) is 25.9 Å². The average Bonchev–Trinajstić information content (AvgIpc) is 2.45. The van der Waals surface area contributed by atoms with E-state index in [1.165, 1.54) is 6.07 Å². The highest BCUT2D eigenvalue weighted by molar-refractivity contribution is 5.20. The van der Waals surface area contributed by atoms with Crippen molar-refractivity contribution in [1.29, 1.82) is 0 Å². The quantitative estimate of drug-likeness (QED) is 0.645. The standard InChI is InChI=1S/C15H24FNO3/c1-3-19-8-9-20-11-13(18)10-17-12(2)14-6-4-5-7-15(14)16/h4-7,12-13,17-18H,3,8-11H2,1-2H3. The minimum Gasteiger partial charge on any atom is -0.389 e. The summed E-state index contributed by atoms with van der Waals surface area (Å²) in [6.45, 7) is 6.03. The van der Waals surface area contributed by atoms with Gasteiger partial charge in [0.25, 0.3) is 0 Å². The van der Waals surface area contributed by atoms with Crippen LogP contribution in [-0.4, -0.2) is 44.2 Å². The Kier molecular flexibility index (Phi) is 8.37. The van der Waals surface area contributed by atoms with Crippen LogP contribution in [-0.2, 0) is 9.47 Å². The highest BCUT2D eigenvalue weighted by atomic mass is 19.1. The van der Waals surface area contributed by atoms with Crippen molar-refractivity contribution >= 4 is 0 Å². The number of aliphatic hydroxyl groups is 1. The Labute approximate surface area is 119 Å². The smallest absolute Gasteiger partial charge is 0.127 e. The molecular weight excluding hydrogens is 261 g/mol. The van der Waals surface area contributed by atoms with Gasteiger partial charge in [0, 0.05) is 24.8 Å². The molecule has 0 amide bonds. The number of hydrogen-bond acceptors (Lipinski definition) is 4. The maximum atomic E-state index is 13.5. The Hall–Kier alpha value is -1.01. The molecule has 0 radical (unpaired) electrons. The largest absolute Gasteiger partial charge is 0.389 e. The zero-order valence-corrected chi connectivity index (χ0v) is 12.1. The molecule has 0 aliphatic rings. The number of hydrogen-bond donors (Lipinski definition) is 2. The second-order valence-electron chi connectivity index (χ2n) is 4.58. The third-order valence-electron chi connectivity index (χ3n) is 2.92. The van der Waals surface area contributed by atoms with Gasteiger partial charge < -0.3 is 19.9 Å². The van der Waals surface area contributed by atoms with Crippen LogP contribution in [0.25, 0.3) is 0 Å². The van der Waals surface area contributed by atoms with Gasteiger partial charge in [-0.05, 0) is 19.9 Å². The van der Waals surface area contributed by atoms with Crippen molar-refractivity contribution in [1.82, 2.24) is 5.32 Å². The van der Waals surface area contributed by atoms with E-state index in [-0.39, 0.29) is 18.5 Å². The molecule has 0 saturated carbocycles. The number of benzene rings is 1. The van der Waals surface area contributed by atoms with E-state index in [9.17, 15) is 9.50 Å². The van der Waals surface area contributed by atoms with Gasteiger partial charge >= 0.3 is 0 Å². The second-order valence-corrected chi connectivity index (χ2v) is 4.58. The summed E-state index contributed by atoms with van der Waals surface area (Å²) < 4.78 is 23.9. The van der Waals surface area contributed by atoms with Gasteiger partial charge in [-0.15, -0.1) is 0 Å². The predicted octanol–water partition coefficient (Wildman–Crippen LogP) is 1.89. The first-order valence-corrected chi connectivity index (χ1v) is 6.96. The molecule has 4 nitrogen and oxygen atoms in total. The van der Waals surface area contributed by atoms with Gasteiger partial charge in [0.2, 0.25) is 0 Å². The van der Waals surface area contributed by atoms with Crippen LogP contribution >= 0.6 is 0 Å². The summed E-state index contributed by atoms with van der Waals surface area (Å²) in [7, 11) is 0. The number of halogens is 1. The number of rotatable bonds is 10. The van der Waals surface area contributed by atoms with Gasteiger partial charge in [0.15, 0.2) is 0 Å². The van der Waals surface area contributed by atoms with E-state index in [4.69, 9.17) is 9.47 Å². The van der Waals surface area contributed by atoms with Crippen molar-refractivity contribution in [3.63, 3.8) is 0 Å². The molecule has 0 heterocycles. The van der Waals surface area contributed by atoms with Crippen LogP contribution in [0.15, 0.2) is 24.3 Å². The lowest BCUT2D eigenvalue weighted by Crippen LogP contribution is -2.32. The molecule has 2 atom stereocenters. The molecule has 1 aromatic rings. The third-order valence-corrected chi connectivity index (χ3v) is 2.92. The highest BCUT2D eigenvalue weighted by Gasteiger charge is 2.11. The van der Waals surface area contributed by atoms with Crippen molar-refractivity contribution in [2.24, 2.45) is 0 Å². The molecule has 2 N–H and O–H groups in total. The molecule has 0 bridgehead atoms.